The minimum Gasteiger partial charge on any atom is -0.455 e. The number of hydrogen-bond donors (Lipinski definition) is 0. The van der Waals surface area contributed by atoms with Crippen LogP contribution in [0.5, 0.6) is 5.75 Å². The highest BCUT2D eigenvalue weighted by Crippen LogP contribution is 2.25. The molecule has 0 amide bonds. The Morgan fingerprint density at radius 3 is 2.41 bits per heavy atom. The van der Waals surface area contributed by atoms with E-state index in [-0.39, 0.29) is 11.4 Å². The highest BCUT2D eigenvalue weighted by molar-refractivity contribution is 5.66. The summed E-state index contributed by atoms with van der Waals surface area (Å²) in [5, 5.41) is 28.6. The van der Waals surface area contributed by atoms with Crippen LogP contribution in [0.15, 0.2) is 54.6 Å². The Bertz CT molecular complexity index is 812. The molecule has 0 aliphatic heterocycles. The number of ether oxygens (including phenoxy) is 1. The van der Waals surface area contributed by atoms with E-state index < -0.39 is 4.92 Å². The number of rotatable bonds is 4. The van der Waals surface area contributed by atoms with Crippen molar-refractivity contribution in [1.29, 1.82) is 10.5 Å². The molecule has 2 aromatic carbocycles. The molecule has 0 saturated carbocycles. The maximum atomic E-state index is 10.7. The van der Waals surface area contributed by atoms with E-state index in [0.717, 1.165) is 0 Å². The van der Waals surface area contributed by atoms with Crippen molar-refractivity contribution in [3.63, 3.8) is 0 Å². The predicted octanol–water partition coefficient (Wildman–Crippen LogP) is 3.41. The number of para-hydroxylation sites is 1. The van der Waals surface area contributed by atoms with Gasteiger partial charge in [-0.2, -0.15) is 10.5 Å². The van der Waals surface area contributed by atoms with Crippen LogP contribution < -0.4 is 4.74 Å². The molecule has 6 nitrogen and oxygen atoms in total. The lowest BCUT2D eigenvalue weighted by Crippen LogP contribution is -1.97. The van der Waals surface area contributed by atoms with Crippen LogP contribution in [0.1, 0.15) is 11.1 Å². The topological polar surface area (TPSA) is 99.9 Å². The second-order valence-corrected chi connectivity index (χ2v) is 4.15. The van der Waals surface area contributed by atoms with Gasteiger partial charge >= 0.3 is 0 Å². The molecule has 2 aromatic rings. The van der Waals surface area contributed by atoms with E-state index >= 15 is 0 Å². The highest BCUT2D eigenvalue weighted by Gasteiger charge is 2.10. The van der Waals surface area contributed by atoms with Gasteiger partial charge in [-0.15, -0.1) is 0 Å². The summed E-state index contributed by atoms with van der Waals surface area (Å²) >= 11 is 0. The first-order valence-corrected chi connectivity index (χ1v) is 6.17. The molecule has 22 heavy (non-hydrogen) atoms. The Morgan fingerprint density at radius 1 is 1.14 bits per heavy atom. The zero-order valence-electron chi connectivity index (χ0n) is 11.3. The molecule has 0 saturated heterocycles. The van der Waals surface area contributed by atoms with Gasteiger partial charge in [0.25, 0.3) is 5.69 Å². The van der Waals surface area contributed by atoms with E-state index in [9.17, 15) is 10.1 Å². The number of non-ortho nitro benzene ring substituents is 1. The number of nitro groups is 1. The van der Waals surface area contributed by atoms with Crippen LogP contribution in [-0.4, -0.2) is 4.92 Å². The summed E-state index contributed by atoms with van der Waals surface area (Å²) in [6.45, 7) is 0. The molecule has 6 heteroatoms. The average Bonchev–Trinajstić information content (AvgIpc) is 2.55. The summed E-state index contributed by atoms with van der Waals surface area (Å²) in [6.07, 6.45) is 1.18. The standard InChI is InChI=1S/C16H9N3O3/c17-10-9-16(12-5-7-14(8-6-12)19(20)21)22-15-4-2-1-3-13(15)11-18/h1-9H/b16-9+. The van der Waals surface area contributed by atoms with Gasteiger partial charge in [0.05, 0.1) is 22.6 Å². The number of benzene rings is 2. The zero-order valence-corrected chi connectivity index (χ0v) is 11.3. The predicted molar refractivity (Wildman–Crippen MR) is 78.5 cm³/mol. The maximum absolute atomic E-state index is 10.7. The molecule has 0 aliphatic rings. The average molecular weight is 291 g/mol. The van der Waals surface area contributed by atoms with Crippen molar-refractivity contribution in [3.8, 4) is 17.9 Å². The molecule has 0 spiro atoms. The Morgan fingerprint density at radius 2 is 1.82 bits per heavy atom. The SMILES string of the molecule is N#C/C=C(/Oc1ccccc1C#N)c1ccc([N+](=O)[O-])cc1. The number of hydrogen-bond acceptors (Lipinski definition) is 5. The van der Waals surface area contributed by atoms with Crippen LogP contribution in [0.25, 0.3) is 5.76 Å². The van der Waals surface area contributed by atoms with E-state index in [1.165, 1.54) is 30.3 Å². The molecule has 0 atom stereocenters. The largest absolute Gasteiger partial charge is 0.455 e. The first kappa shape index (κ1) is 14.8. The van der Waals surface area contributed by atoms with Crippen LogP contribution in [0.4, 0.5) is 5.69 Å². The van der Waals surface area contributed by atoms with Crippen LogP contribution in [0, 0.1) is 32.8 Å². The van der Waals surface area contributed by atoms with Gasteiger partial charge < -0.3 is 4.74 Å². The third-order valence-corrected chi connectivity index (χ3v) is 2.79. The Hall–Kier alpha value is -3.64. The van der Waals surface area contributed by atoms with Gasteiger partial charge in [-0.3, -0.25) is 10.1 Å². The Labute approximate surface area is 126 Å². The van der Waals surface area contributed by atoms with Crippen molar-refractivity contribution in [2.45, 2.75) is 0 Å². The highest BCUT2D eigenvalue weighted by atomic mass is 16.6. The maximum Gasteiger partial charge on any atom is 0.269 e. The van der Waals surface area contributed by atoms with E-state index in [2.05, 4.69) is 0 Å². The van der Waals surface area contributed by atoms with Crippen molar-refractivity contribution in [2.24, 2.45) is 0 Å². The number of nitriles is 2. The van der Waals surface area contributed by atoms with Gasteiger partial charge in [0, 0.05) is 17.7 Å². The molecular weight excluding hydrogens is 282 g/mol. The molecule has 0 bridgehead atoms. The van der Waals surface area contributed by atoms with Crippen molar-refractivity contribution < 1.29 is 9.66 Å². The van der Waals surface area contributed by atoms with Crippen molar-refractivity contribution in [2.75, 3.05) is 0 Å². The summed E-state index contributed by atoms with van der Waals surface area (Å²) in [5.74, 6) is 0.518. The van der Waals surface area contributed by atoms with E-state index in [1.807, 2.05) is 12.1 Å². The fraction of sp³-hybridized carbons (Fsp3) is 0. The van der Waals surface area contributed by atoms with Crippen molar-refractivity contribution in [1.82, 2.24) is 0 Å². The van der Waals surface area contributed by atoms with Crippen LogP contribution in [0.3, 0.4) is 0 Å². The minimum atomic E-state index is -0.511. The van der Waals surface area contributed by atoms with Crippen LogP contribution in [0.2, 0.25) is 0 Å². The first-order valence-electron chi connectivity index (χ1n) is 6.17. The molecule has 0 aromatic heterocycles. The summed E-state index contributed by atoms with van der Waals surface area (Å²) in [5.41, 5.74) is 0.769. The summed E-state index contributed by atoms with van der Waals surface area (Å²) in [6, 6.07) is 16.1. The summed E-state index contributed by atoms with van der Waals surface area (Å²) in [4.78, 5) is 10.1. The quantitative estimate of drug-likeness (QED) is 0.372. The lowest BCUT2D eigenvalue weighted by atomic mass is 10.1. The zero-order chi connectivity index (χ0) is 15.9. The van der Waals surface area contributed by atoms with Crippen LogP contribution in [-0.2, 0) is 0 Å². The molecule has 106 valence electrons. The second kappa shape index (κ2) is 6.69. The molecule has 0 heterocycles. The minimum absolute atomic E-state index is 0.0579. The van der Waals surface area contributed by atoms with Crippen molar-refractivity contribution in [3.05, 3.63) is 75.8 Å². The van der Waals surface area contributed by atoms with Gasteiger partial charge in [0.15, 0.2) is 0 Å². The van der Waals surface area contributed by atoms with Gasteiger partial charge in [0.1, 0.15) is 17.6 Å². The summed E-state index contributed by atoms with van der Waals surface area (Å²) in [7, 11) is 0. The number of nitro benzene ring substituents is 1. The molecular formula is C16H9N3O3. The Kier molecular flexibility index (Phi) is 4.49. The molecule has 0 fully saturated rings. The van der Waals surface area contributed by atoms with Gasteiger partial charge in [0.2, 0.25) is 0 Å². The molecule has 0 unspecified atom stereocenters. The molecule has 2 rings (SSSR count). The lowest BCUT2D eigenvalue weighted by Gasteiger charge is -2.10. The fourth-order valence-corrected chi connectivity index (χ4v) is 1.74. The molecule has 0 aliphatic carbocycles. The third kappa shape index (κ3) is 3.27. The fourth-order valence-electron chi connectivity index (χ4n) is 1.74. The third-order valence-electron chi connectivity index (χ3n) is 2.79. The van der Waals surface area contributed by atoms with Crippen LogP contribution >= 0.6 is 0 Å². The van der Waals surface area contributed by atoms with E-state index in [1.54, 1.807) is 24.3 Å². The molecule has 0 N–H and O–H groups in total. The van der Waals surface area contributed by atoms with E-state index in [4.69, 9.17) is 15.3 Å². The Balaban J connectivity index is 2.36. The monoisotopic (exact) mass is 291 g/mol. The van der Waals surface area contributed by atoms with Crippen molar-refractivity contribution >= 4 is 11.4 Å². The smallest absolute Gasteiger partial charge is 0.269 e. The second-order valence-electron chi connectivity index (χ2n) is 4.15. The summed E-state index contributed by atoms with van der Waals surface area (Å²) < 4.78 is 5.61. The van der Waals surface area contributed by atoms with Gasteiger partial charge in [-0.25, -0.2) is 0 Å². The lowest BCUT2D eigenvalue weighted by molar-refractivity contribution is -0.384. The van der Waals surface area contributed by atoms with Gasteiger partial charge in [-0.05, 0) is 24.3 Å². The van der Waals surface area contributed by atoms with E-state index in [0.29, 0.717) is 16.9 Å². The number of allylic oxidation sites excluding steroid dienone is 1. The number of nitrogens with zero attached hydrogens (tertiary/aromatic N) is 3. The normalized spacial score (nSPS) is 10.4. The van der Waals surface area contributed by atoms with Gasteiger partial charge in [-0.1, -0.05) is 12.1 Å². The molecule has 0 radical (unpaired) electrons. The first-order chi connectivity index (χ1) is 10.7.